The first-order valence-corrected chi connectivity index (χ1v) is 7.24. The lowest BCUT2D eigenvalue weighted by Gasteiger charge is -2.23. The smallest absolute Gasteiger partial charge is 0.310 e. The minimum Gasteiger partial charge on any atom is -0.466 e. The summed E-state index contributed by atoms with van der Waals surface area (Å²) in [4.78, 5) is 23.5. The molecule has 0 bridgehead atoms. The van der Waals surface area contributed by atoms with Crippen LogP contribution in [-0.4, -0.2) is 38.1 Å². The second-order valence-electron chi connectivity index (χ2n) is 5.77. The van der Waals surface area contributed by atoms with E-state index in [9.17, 15) is 9.59 Å². The molecular weight excluding hydrogens is 244 g/mol. The van der Waals surface area contributed by atoms with Gasteiger partial charge in [0.05, 0.1) is 12.5 Å². The molecule has 19 heavy (non-hydrogen) atoms. The Morgan fingerprint density at radius 1 is 1.42 bits per heavy atom. The Labute approximate surface area is 114 Å². The first-order valence-electron chi connectivity index (χ1n) is 7.24. The number of esters is 1. The normalized spacial score (nSPS) is 25.7. The SMILES string of the molecule is CCOC(=O)C(C)CNC(=O)C1CC12CCNCC2. The maximum Gasteiger partial charge on any atom is 0.310 e. The Balaban J connectivity index is 1.72. The minimum absolute atomic E-state index is 0.109. The molecule has 1 saturated carbocycles. The van der Waals surface area contributed by atoms with Crippen molar-refractivity contribution in [1.29, 1.82) is 0 Å². The highest BCUT2D eigenvalue weighted by molar-refractivity contribution is 5.83. The lowest BCUT2D eigenvalue weighted by molar-refractivity contribution is -0.147. The van der Waals surface area contributed by atoms with Crippen molar-refractivity contribution in [2.45, 2.75) is 33.1 Å². The summed E-state index contributed by atoms with van der Waals surface area (Å²) in [6.45, 7) is 6.37. The van der Waals surface area contributed by atoms with Crippen molar-refractivity contribution < 1.29 is 14.3 Å². The van der Waals surface area contributed by atoms with E-state index in [1.165, 1.54) is 0 Å². The fraction of sp³-hybridized carbons (Fsp3) is 0.857. The van der Waals surface area contributed by atoms with Gasteiger partial charge in [0, 0.05) is 12.5 Å². The van der Waals surface area contributed by atoms with E-state index in [0.717, 1.165) is 32.4 Å². The number of hydrogen-bond donors (Lipinski definition) is 2. The van der Waals surface area contributed by atoms with Crippen LogP contribution >= 0.6 is 0 Å². The number of nitrogens with one attached hydrogen (secondary N) is 2. The highest BCUT2D eigenvalue weighted by Gasteiger charge is 2.57. The number of ether oxygens (including phenoxy) is 1. The molecule has 2 rings (SSSR count). The number of rotatable bonds is 5. The van der Waals surface area contributed by atoms with Gasteiger partial charge in [0.25, 0.3) is 0 Å². The van der Waals surface area contributed by atoms with Crippen LogP contribution in [0.25, 0.3) is 0 Å². The molecule has 2 aliphatic rings. The summed E-state index contributed by atoms with van der Waals surface area (Å²) in [6, 6.07) is 0. The molecule has 1 aliphatic heterocycles. The average molecular weight is 268 g/mol. The first-order chi connectivity index (χ1) is 9.09. The molecule has 2 N–H and O–H groups in total. The summed E-state index contributed by atoms with van der Waals surface area (Å²) in [5.41, 5.74) is 0.252. The van der Waals surface area contributed by atoms with Crippen molar-refractivity contribution in [3.05, 3.63) is 0 Å². The summed E-state index contributed by atoms with van der Waals surface area (Å²) in [5.74, 6) is -0.246. The van der Waals surface area contributed by atoms with Gasteiger partial charge in [-0.05, 0) is 44.7 Å². The maximum atomic E-state index is 12.1. The zero-order valence-electron chi connectivity index (χ0n) is 11.8. The van der Waals surface area contributed by atoms with Crippen molar-refractivity contribution in [2.75, 3.05) is 26.2 Å². The summed E-state index contributed by atoms with van der Waals surface area (Å²) in [5, 5.41) is 6.22. The van der Waals surface area contributed by atoms with Gasteiger partial charge < -0.3 is 15.4 Å². The standard InChI is InChI=1S/C14H24N2O3/c1-3-19-13(18)10(2)9-16-12(17)11-8-14(11)4-6-15-7-5-14/h10-11,15H,3-9H2,1-2H3,(H,16,17). The molecule has 0 aromatic rings. The van der Waals surface area contributed by atoms with Gasteiger partial charge in [0.1, 0.15) is 0 Å². The Kier molecular flexibility index (Phi) is 4.45. The van der Waals surface area contributed by atoms with E-state index >= 15 is 0 Å². The maximum absolute atomic E-state index is 12.1. The number of carbonyl (C=O) groups is 2. The molecule has 2 fully saturated rings. The number of amides is 1. The molecule has 1 heterocycles. The van der Waals surface area contributed by atoms with Gasteiger partial charge >= 0.3 is 5.97 Å². The van der Waals surface area contributed by atoms with E-state index in [1.54, 1.807) is 13.8 Å². The Bertz CT molecular complexity index is 351. The topological polar surface area (TPSA) is 67.4 Å². The van der Waals surface area contributed by atoms with Crippen LogP contribution in [0.4, 0.5) is 0 Å². The molecule has 108 valence electrons. The third-order valence-corrected chi connectivity index (χ3v) is 4.38. The van der Waals surface area contributed by atoms with Crippen LogP contribution in [0.1, 0.15) is 33.1 Å². The van der Waals surface area contributed by atoms with E-state index in [1.807, 2.05) is 0 Å². The molecule has 0 radical (unpaired) electrons. The van der Waals surface area contributed by atoms with Crippen molar-refractivity contribution >= 4 is 11.9 Å². The van der Waals surface area contributed by atoms with Gasteiger partial charge in [-0.1, -0.05) is 6.92 Å². The molecule has 5 heteroatoms. The van der Waals surface area contributed by atoms with E-state index in [4.69, 9.17) is 4.74 Å². The van der Waals surface area contributed by atoms with Crippen LogP contribution in [0.3, 0.4) is 0 Å². The van der Waals surface area contributed by atoms with Gasteiger partial charge in [-0.3, -0.25) is 9.59 Å². The zero-order chi connectivity index (χ0) is 13.9. The third-order valence-electron chi connectivity index (χ3n) is 4.38. The molecule has 0 aromatic heterocycles. The highest BCUT2D eigenvalue weighted by Crippen LogP contribution is 2.58. The summed E-state index contributed by atoms with van der Waals surface area (Å²) >= 11 is 0. The molecule has 5 nitrogen and oxygen atoms in total. The minimum atomic E-state index is -0.272. The molecule has 2 atom stereocenters. The Hall–Kier alpha value is -1.10. The van der Waals surface area contributed by atoms with Gasteiger partial charge in [0.15, 0.2) is 0 Å². The lowest BCUT2D eigenvalue weighted by Crippen LogP contribution is -2.36. The van der Waals surface area contributed by atoms with E-state index in [-0.39, 0.29) is 29.1 Å². The van der Waals surface area contributed by atoms with E-state index < -0.39 is 0 Å². The quantitative estimate of drug-likeness (QED) is 0.720. The number of hydrogen-bond acceptors (Lipinski definition) is 4. The van der Waals surface area contributed by atoms with Crippen molar-refractivity contribution in [2.24, 2.45) is 17.3 Å². The predicted molar refractivity (Wildman–Crippen MR) is 71.5 cm³/mol. The second kappa shape index (κ2) is 5.90. The molecule has 1 amide bonds. The molecule has 1 spiro atoms. The van der Waals surface area contributed by atoms with Crippen LogP contribution in [0.5, 0.6) is 0 Å². The van der Waals surface area contributed by atoms with E-state index in [0.29, 0.717) is 13.2 Å². The molecular formula is C14H24N2O3. The molecule has 0 aromatic carbocycles. The fourth-order valence-electron chi connectivity index (χ4n) is 2.94. The second-order valence-corrected chi connectivity index (χ2v) is 5.77. The fourth-order valence-corrected chi connectivity index (χ4v) is 2.94. The average Bonchev–Trinajstić information content (AvgIpc) is 3.10. The summed E-state index contributed by atoms with van der Waals surface area (Å²) in [6.07, 6.45) is 3.20. The Morgan fingerprint density at radius 3 is 2.74 bits per heavy atom. The third kappa shape index (κ3) is 3.26. The van der Waals surface area contributed by atoms with Gasteiger partial charge in [-0.25, -0.2) is 0 Å². The summed E-state index contributed by atoms with van der Waals surface area (Å²) < 4.78 is 4.92. The van der Waals surface area contributed by atoms with E-state index in [2.05, 4.69) is 10.6 Å². The molecule has 2 unspecified atom stereocenters. The zero-order valence-corrected chi connectivity index (χ0v) is 11.8. The lowest BCUT2D eigenvalue weighted by atomic mass is 9.92. The van der Waals surface area contributed by atoms with Crippen LogP contribution < -0.4 is 10.6 Å². The molecule has 1 aliphatic carbocycles. The van der Waals surface area contributed by atoms with Gasteiger partial charge in [0.2, 0.25) is 5.91 Å². The van der Waals surface area contributed by atoms with Crippen LogP contribution in [0, 0.1) is 17.3 Å². The number of carbonyl (C=O) groups excluding carboxylic acids is 2. The predicted octanol–water partition coefficient (Wildman–Crippen LogP) is 0.691. The highest BCUT2D eigenvalue weighted by atomic mass is 16.5. The van der Waals surface area contributed by atoms with Crippen molar-refractivity contribution in [1.82, 2.24) is 10.6 Å². The molecule has 1 saturated heterocycles. The monoisotopic (exact) mass is 268 g/mol. The van der Waals surface area contributed by atoms with Gasteiger partial charge in [-0.2, -0.15) is 0 Å². The van der Waals surface area contributed by atoms with Crippen LogP contribution in [-0.2, 0) is 14.3 Å². The largest absolute Gasteiger partial charge is 0.466 e. The van der Waals surface area contributed by atoms with Crippen molar-refractivity contribution in [3.8, 4) is 0 Å². The Morgan fingerprint density at radius 2 is 2.11 bits per heavy atom. The first kappa shape index (κ1) is 14.3. The van der Waals surface area contributed by atoms with Crippen LogP contribution in [0.15, 0.2) is 0 Å². The number of piperidine rings is 1. The summed E-state index contributed by atoms with van der Waals surface area (Å²) in [7, 11) is 0. The van der Waals surface area contributed by atoms with Gasteiger partial charge in [-0.15, -0.1) is 0 Å². The van der Waals surface area contributed by atoms with Crippen molar-refractivity contribution in [3.63, 3.8) is 0 Å². The van der Waals surface area contributed by atoms with Crippen LogP contribution in [0.2, 0.25) is 0 Å².